The Morgan fingerprint density at radius 1 is 1.55 bits per heavy atom. The van der Waals surface area contributed by atoms with Crippen LogP contribution in [0.4, 0.5) is 0 Å². The lowest BCUT2D eigenvalue weighted by Crippen LogP contribution is -2.35. The first kappa shape index (κ1) is 13.7. The van der Waals surface area contributed by atoms with E-state index in [9.17, 15) is 4.79 Å². The average Bonchev–Trinajstić information content (AvgIpc) is 3.04. The zero-order valence-electron chi connectivity index (χ0n) is 11.6. The molecule has 0 aliphatic carbocycles. The molecule has 7 heteroatoms. The average molecular weight is 293 g/mol. The highest BCUT2D eigenvalue weighted by atomic mass is 32.1. The van der Waals surface area contributed by atoms with Gasteiger partial charge in [0.25, 0.3) is 5.56 Å². The Hall–Kier alpha value is -1.31. The maximum Gasteiger partial charge on any atom is 0.275 e. The summed E-state index contributed by atoms with van der Waals surface area (Å²) in [5.74, 6) is 0. The molecule has 108 valence electrons. The molecule has 1 aliphatic rings. The molecule has 2 aromatic rings. The Morgan fingerprint density at radius 2 is 2.40 bits per heavy atom. The minimum absolute atomic E-state index is 0.0931. The van der Waals surface area contributed by atoms with E-state index in [1.807, 2.05) is 6.92 Å². The molecule has 3 heterocycles. The molecule has 20 heavy (non-hydrogen) atoms. The monoisotopic (exact) mass is 293 g/mol. The quantitative estimate of drug-likeness (QED) is 0.895. The fourth-order valence-corrected chi connectivity index (χ4v) is 3.56. The SMILES string of the molecule is CCc1nn2c(=O)cc(CN3CCCC3CN)nc2s1. The number of nitrogens with zero attached hydrogens (tertiary/aromatic N) is 4. The summed E-state index contributed by atoms with van der Waals surface area (Å²) in [6.45, 7) is 4.43. The number of hydrogen-bond acceptors (Lipinski definition) is 6. The third-order valence-corrected chi connectivity index (χ3v) is 4.83. The summed E-state index contributed by atoms with van der Waals surface area (Å²) in [4.78, 5) is 19.7. The van der Waals surface area contributed by atoms with Crippen LogP contribution in [0.3, 0.4) is 0 Å². The van der Waals surface area contributed by atoms with Gasteiger partial charge in [0.05, 0.1) is 5.69 Å². The van der Waals surface area contributed by atoms with Gasteiger partial charge in [-0.25, -0.2) is 4.98 Å². The second-order valence-corrected chi connectivity index (χ2v) is 6.17. The normalized spacial score (nSPS) is 20.0. The molecule has 2 N–H and O–H groups in total. The number of rotatable bonds is 4. The summed E-state index contributed by atoms with van der Waals surface area (Å²) >= 11 is 1.49. The molecule has 1 saturated heterocycles. The molecule has 1 aliphatic heterocycles. The van der Waals surface area contributed by atoms with E-state index in [1.165, 1.54) is 22.3 Å². The summed E-state index contributed by atoms with van der Waals surface area (Å²) in [6.07, 6.45) is 3.13. The molecule has 0 amide bonds. The van der Waals surface area contributed by atoms with E-state index < -0.39 is 0 Å². The molecule has 1 fully saturated rings. The van der Waals surface area contributed by atoms with E-state index in [2.05, 4.69) is 15.0 Å². The van der Waals surface area contributed by atoms with Gasteiger partial charge in [-0.15, -0.1) is 0 Å². The lowest BCUT2D eigenvalue weighted by atomic mass is 10.2. The van der Waals surface area contributed by atoms with Crippen LogP contribution in [0.1, 0.15) is 30.5 Å². The molecule has 0 radical (unpaired) electrons. The highest BCUT2D eigenvalue weighted by molar-refractivity contribution is 7.16. The van der Waals surface area contributed by atoms with Crippen LogP contribution >= 0.6 is 11.3 Å². The Labute approximate surface area is 121 Å². The minimum Gasteiger partial charge on any atom is -0.329 e. The third-order valence-electron chi connectivity index (χ3n) is 3.78. The number of aromatic nitrogens is 3. The van der Waals surface area contributed by atoms with Gasteiger partial charge in [0.2, 0.25) is 4.96 Å². The third kappa shape index (κ3) is 2.48. The lowest BCUT2D eigenvalue weighted by molar-refractivity contribution is 0.247. The largest absolute Gasteiger partial charge is 0.329 e. The fraction of sp³-hybridized carbons (Fsp3) is 0.615. The molecule has 1 atom stereocenters. The second kappa shape index (κ2) is 5.59. The van der Waals surface area contributed by atoms with Gasteiger partial charge in [-0.1, -0.05) is 18.3 Å². The van der Waals surface area contributed by atoms with Crippen molar-refractivity contribution in [3.8, 4) is 0 Å². The first-order valence-electron chi connectivity index (χ1n) is 7.04. The van der Waals surface area contributed by atoms with Crippen molar-refractivity contribution < 1.29 is 0 Å². The first-order chi connectivity index (χ1) is 9.71. The van der Waals surface area contributed by atoms with Crippen molar-refractivity contribution >= 4 is 16.3 Å². The molecule has 1 unspecified atom stereocenters. The van der Waals surface area contributed by atoms with Gasteiger partial charge >= 0.3 is 0 Å². The number of likely N-dealkylation sites (tertiary alicyclic amines) is 1. The maximum atomic E-state index is 12.1. The van der Waals surface area contributed by atoms with Crippen LogP contribution in [-0.4, -0.2) is 38.6 Å². The van der Waals surface area contributed by atoms with Gasteiger partial charge in [0.1, 0.15) is 5.01 Å². The summed E-state index contributed by atoms with van der Waals surface area (Å²) in [5, 5.41) is 5.20. The molecule has 0 bridgehead atoms. The van der Waals surface area contributed by atoms with Gasteiger partial charge in [-0.2, -0.15) is 9.61 Å². The predicted octanol–water partition coefficient (Wildman–Crippen LogP) is 0.636. The van der Waals surface area contributed by atoms with E-state index >= 15 is 0 Å². The minimum atomic E-state index is -0.0931. The van der Waals surface area contributed by atoms with Crippen LogP contribution in [0.25, 0.3) is 4.96 Å². The summed E-state index contributed by atoms with van der Waals surface area (Å²) in [7, 11) is 0. The molecule has 6 nitrogen and oxygen atoms in total. The van der Waals surface area contributed by atoms with Crippen LogP contribution in [-0.2, 0) is 13.0 Å². The standard InChI is InChI=1S/C13H19N5OS/c1-2-11-16-18-12(19)6-9(15-13(18)20-11)8-17-5-3-4-10(17)7-14/h6,10H,2-5,7-8,14H2,1H3. The van der Waals surface area contributed by atoms with E-state index in [4.69, 9.17) is 5.73 Å². The highest BCUT2D eigenvalue weighted by Crippen LogP contribution is 2.19. The summed E-state index contributed by atoms with van der Waals surface area (Å²) < 4.78 is 1.40. The van der Waals surface area contributed by atoms with E-state index in [-0.39, 0.29) is 5.56 Å². The van der Waals surface area contributed by atoms with Crippen molar-refractivity contribution in [2.45, 2.75) is 38.8 Å². The Bertz CT molecular complexity index is 664. The lowest BCUT2D eigenvalue weighted by Gasteiger charge is -2.22. The Balaban J connectivity index is 1.90. The molecular formula is C13H19N5OS. The van der Waals surface area contributed by atoms with Crippen molar-refractivity contribution in [3.05, 3.63) is 27.1 Å². The summed E-state index contributed by atoms with van der Waals surface area (Å²) in [6, 6.07) is 2.01. The number of fused-ring (bicyclic) bond motifs is 1. The zero-order chi connectivity index (χ0) is 14.1. The predicted molar refractivity (Wildman–Crippen MR) is 79.0 cm³/mol. The highest BCUT2D eigenvalue weighted by Gasteiger charge is 2.23. The van der Waals surface area contributed by atoms with Crippen molar-refractivity contribution in [3.63, 3.8) is 0 Å². The van der Waals surface area contributed by atoms with Crippen molar-refractivity contribution in [1.82, 2.24) is 19.5 Å². The molecular weight excluding hydrogens is 274 g/mol. The van der Waals surface area contributed by atoms with Gasteiger partial charge in [0.15, 0.2) is 0 Å². The van der Waals surface area contributed by atoms with Crippen LogP contribution in [0.15, 0.2) is 10.9 Å². The van der Waals surface area contributed by atoms with Gasteiger partial charge in [-0.05, 0) is 25.8 Å². The zero-order valence-corrected chi connectivity index (χ0v) is 12.4. The second-order valence-electron chi connectivity index (χ2n) is 5.13. The smallest absolute Gasteiger partial charge is 0.275 e. The van der Waals surface area contributed by atoms with Crippen LogP contribution in [0, 0.1) is 0 Å². The maximum absolute atomic E-state index is 12.1. The Kier molecular flexibility index (Phi) is 3.82. The van der Waals surface area contributed by atoms with Gasteiger partial charge < -0.3 is 5.73 Å². The number of nitrogens with two attached hydrogens (primary N) is 1. The number of hydrogen-bond donors (Lipinski definition) is 1. The van der Waals surface area contributed by atoms with Crippen LogP contribution in [0.5, 0.6) is 0 Å². The van der Waals surface area contributed by atoms with E-state index in [0.717, 1.165) is 30.1 Å². The van der Waals surface area contributed by atoms with Gasteiger partial charge in [0, 0.05) is 25.2 Å². The van der Waals surface area contributed by atoms with Crippen LogP contribution < -0.4 is 11.3 Å². The van der Waals surface area contributed by atoms with E-state index in [0.29, 0.717) is 24.1 Å². The number of aryl methyl sites for hydroxylation is 1. The molecule has 3 rings (SSSR count). The van der Waals surface area contributed by atoms with E-state index in [1.54, 1.807) is 6.07 Å². The van der Waals surface area contributed by atoms with Crippen molar-refractivity contribution in [1.29, 1.82) is 0 Å². The van der Waals surface area contributed by atoms with Crippen LogP contribution in [0.2, 0.25) is 0 Å². The van der Waals surface area contributed by atoms with Crippen molar-refractivity contribution in [2.24, 2.45) is 5.73 Å². The van der Waals surface area contributed by atoms with Gasteiger partial charge in [-0.3, -0.25) is 9.69 Å². The summed E-state index contributed by atoms with van der Waals surface area (Å²) in [5.41, 5.74) is 6.51. The van der Waals surface area contributed by atoms with Crippen molar-refractivity contribution in [2.75, 3.05) is 13.1 Å². The Morgan fingerprint density at radius 3 is 3.15 bits per heavy atom. The fourth-order valence-electron chi connectivity index (χ4n) is 2.70. The first-order valence-corrected chi connectivity index (χ1v) is 7.85. The molecule has 0 saturated carbocycles. The molecule has 0 aromatic carbocycles. The molecule has 2 aromatic heterocycles. The molecule has 0 spiro atoms. The topological polar surface area (TPSA) is 76.5 Å².